The molecule has 9 rings (SSSR count). The molecule has 0 N–H and O–H groups in total. The predicted octanol–water partition coefficient (Wildman–Crippen LogP) is 15.5. The van der Waals surface area contributed by atoms with E-state index >= 15 is 0 Å². The topological polar surface area (TPSA) is 27.0 Å². The van der Waals surface area contributed by atoms with E-state index in [1.165, 1.54) is 42.9 Å². The van der Waals surface area contributed by atoms with Gasteiger partial charge in [0.25, 0.3) is 0 Å². The largest absolute Gasteiger partial charge is 0.655 e. The van der Waals surface area contributed by atoms with Crippen molar-refractivity contribution in [1.82, 2.24) is 9.97 Å². The van der Waals surface area contributed by atoms with Crippen LogP contribution in [0.15, 0.2) is 170 Å². The number of nitrogens with zero attached hydrogens (tertiary/aromatic N) is 2. The van der Waals surface area contributed by atoms with Crippen LogP contribution < -0.4 is 4.98 Å². The number of rotatable bonds is 2. The molecule has 298 valence electrons. The Morgan fingerprint density at radius 3 is 1.44 bits per heavy atom. The maximum atomic E-state index is 5.16. The maximum Gasteiger partial charge on any atom is 0.102 e. The standard InChI is InChI=1S/C33H31N2S.3C7H7.CH3.Hf/c1-32(2,3)22-13-14-24-21(18-22)17-20-11-12-23(33(4,5)6)19-25(20)30(24)27-15-16-28(34-27)31-35-26-9-7-8-10-29(26)36-31;3*1-7-5-3-2-4-6-7;;/h7-19H,1-6H3;3*2-6H,1H2;1H3;/q4*-1;+1;. The Morgan fingerprint density at radius 2 is 0.949 bits per heavy atom. The number of aromatic nitrogens is 2. The minimum atomic E-state index is 0. The molecule has 0 radical (unpaired) electrons. The molecule has 2 aromatic heterocycles. The van der Waals surface area contributed by atoms with Crippen LogP contribution in [0.25, 0.3) is 53.7 Å². The number of hydrogen-bond donors (Lipinski definition) is 0. The Hall–Kier alpha value is -5.42. The van der Waals surface area contributed by atoms with E-state index < -0.39 is 0 Å². The van der Waals surface area contributed by atoms with Crippen LogP contribution in [-0.4, -0.2) is 4.98 Å². The van der Waals surface area contributed by atoms with Gasteiger partial charge in [-0.2, -0.15) is 73.9 Å². The average Bonchev–Trinajstić information content (AvgIpc) is 3.86. The van der Waals surface area contributed by atoms with Crippen molar-refractivity contribution in [1.29, 1.82) is 0 Å². The Bertz CT molecular complexity index is 2540. The molecule has 0 bridgehead atoms. The first-order valence-electron chi connectivity index (χ1n) is 19.4. The van der Waals surface area contributed by atoms with E-state index in [9.17, 15) is 0 Å². The fourth-order valence-electron chi connectivity index (χ4n) is 6.37. The molecular weight excluding hydrogens is 899 g/mol. The van der Waals surface area contributed by atoms with Gasteiger partial charge in [-0.1, -0.05) is 126 Å². The Morgan fingerprint density at radius 1 is 0.475 bits per heavy atom. The van der Waals surface area contributed by atoms with E-state index in [1.807, 2.05) is 97.1 Å². The number of benzene rings is 7. The zero-order valence-corrected chi connectivity index (χ0v) is 40.0. The van der Waals surface area contributed by atoms with E-state index in [1.54, 1.807) is 11.3 Å². The number of fused-ring (bicyclic) bond motifs is 3. The van der Waals surface area contributed by atoms with E-state index in [-0.39, 0.29) is 44.1 Å². The summed E-state index contributed by atoms with van der Waals surface area (Å²) < 4.78 is 1.19. The van der Waals surface area contributed by atoms with Crippen LogP contribution in [0, 0.1) is 28.2 Å². The van der Waals surface area contributed by atoms with Gasteiger partial charge in [0, 0.05) is 33.3 Å². The van der Waals surface area contributed by atoms with Crippen molar-refractivity contribution in [3.05, 3.63) is 226 Å². The van der Waals surface area contributed by atoms with Crippen LogP contribution in [0.5, 0.6) is 0 Å². The first kappa shape index (κ1) is 46.3. The van der Waals surface area contributed by atoms with E-state index in [4.69, 9.17) is 9.97 Å². The third-order valence-corrected chi connectivity index (χ3v) is 10.7. The Labute approximate surface area is 376 Å². The van der Waals surface area contributed by atoms with Crippen molar-refractivity contribution in [2.45, 2.75) is 52.4 Å². The summed E-state index contributed by atoms with van der Waals surface area (Å²) in [5.41, 5.74) is 10.2. The Balaban J connectivity index is 0.000000271. The number of thiazole rings is 1. The van der Waals surface area contributed by atoms with Crippen LogP contribution in [0.4, 0.5) is 0 Å². The first-order chi connectivity index (χ1) is 27.3. The van der Waals surface area contributed by atoms with Gasteiger partial charge in [0.15, 0.2) is 0 Å². The molecule has 2 nitrogen and oxygen atoms in total. The third kappa shape index (κ3) is 12.3. The van der Waals surface area contributed by atoms with Crippen LogP contribution in [0.3, 0.4) is 0 Å². The van der Waals surface area contributed by atoms with Crippen LogP contribution in [0.2, 0.25) is 0 Å². The average molecular weight is 955 g/mol. The van der Waals surface area contributed by atoms with Crippen molar-refractivity contribution >= 4 is 43.1 Å². The summed E-state index contributed by atoms with van der Waals surface area (Å²) in [4.78, 5) is 10.0. The molecule has 0 saturated heterocycles. The molecule has 59 heavy (non-hydrogen) atoms. The predicted molar refractivity (Wildman–Crippen MR) is 255 cm³/mol. The van der Waals surface area contributed by atoms with Gasteiger partial charge >= 0.3 is 0 Å². The molecule has 0 amide bonds. The Kier molecular flexibility index (Phi) is 16.1. The van der Waals surface area contributed by atoms with Crippen molar-refractivity contribution < 1.29 is 25.8 Å². The summed E-state index contributed by atoms with van der Waals surface area (Å²) >= 11 is 1.70. The molecule has 0 aliphatic carbocycles. The van der Waals surface area contributed by atoms with Crippen molar-refractivity contribution in [3.63, 3.8) is 0 Å². The second-order valence-electron chi connectivity index (χ2n) is 16.3. The maximum absolute atomic E-state index is 5.16. The van der Waals surface area contributed by atoms with Gasteiger partial charge in [-0.05, 0) is 67.3 Å². The van der Waals surface area contributed by atoms with Gasteiger partial charge < -0.3 is 4.98 Å². The summed E-state index contributed by atoms with van der Waals surface area (Å²) in [6, 6.07) is 58.4. The summed E-state index contributed by atoms with van der Waals surface area (Å²) in [5.74, 6) is 0. The van der Waals surface area contributed by atoms with Gasteiger partial charge in [-0.3, -0.25) is 0 Å². The molecule has 4 heteroatoms. The molecule has 2 heterocycles. The molecule has 7 aromatic carbocycles. The summed E-state index contributed by atoms with van der Waals surface area (Å²) in [7, 11) is 0. The molecule has 9 aromatic rings. The molecule has 0 fully saturated rings. The summed E-state index contributed by atoms with van der Waals surface area (Å²) in [5, 5.41) is 5.99. The monoisotopic (exact) mass is 955 g/mol. The second-order valence-corrected chi connectivity index (χ2v) is 17.3. The van der Waals surface area contributed by atoms with Crippen molar-refractivity contribution in [2.24, 2.45) is 0 Å². The van der Waals surface area contributed by atoms with E-state index in [0.29, 0.717) is 0 Å². The minimum absolute atomic E-state index is 0. The van der Waals surface area contributed by atoms with Crippen LogP contribution in [0.1, 0.15) is 69.4 Å². The molecule has 0 spiro atoms. The smallest absolute Gasteiger partial charge is 0.102 e. The zero-order chi connectivity index (χ0) is 40.6. The molecule has 0 saturated carbocycles. The summed E-state index contributed by atoms with van der Waals surface area (Å²) in [6.07, 6.45) is 0. The first-order valence-corrected chi connectivity index (χ1v) is 20.2. The quantitative estimate of drug-likeness (QED) is 0.0981. The van der Waals surface area contributed by atoms with Gasteiger partial charge in [-0.15, -0.1) is 53.4 Å². The van der Waals surface area contributed by atoms with E-state index in [0.717, 1.165) is 38.6 Å². The fourth-order valence-corrected chi connectivity index (χ4v) is 7.30. The van der Waals surface area contributed by atoms with Crippen LogP contribution >= 0.6 is 11.3 Å². The summed E-state index contributed by atoms with van der Waals surface area (Å²) in [6.45, 7) is 24.8. The number of hydrogen-bond acceptors (Lipinski definition) is 2. The van der Waals surface area contributed by atoms with E-state index in [2.05, 4.69) is 135 Å². The van der Waals surface area contributed by atoms with Crippen LogP contribution in [-0.2, 0) is 36.7 Å². The fraction of sp³-hybridized carbons (Fsp3) is 0.145. The van der Waals surface area contributed by atoms with Gasteiger partial charge in [-0.25, -0.2) is 4.98 Å². The van der Waals surface area contributed by atoms with Crippen molar-refractivity contribution in [3.8, 4) is 22.0 Å². The molecule has 0 atom stereocenters. The number of para-hydroxylation sites is 1. The SMILES string of the molecule is CC(C)(C)c1ccc2c(-c3ccc(-c4nc5ccccc5s4)[n-]3)c3cc(C(C)(C)C)ccc3cc2c1.[CH2-]c1ccccc1.[CH2-]c1ccccc1.[CH2-]c1ccccc1.[CH3+].[Hf]. The van der Waals surface area contributed by atoms with Gasteiger partial charge in [0.1, 0.15) is 5.01 Å². The third-order valence-electron chi connectivity index (χ3n) is 9.62. The van der Waals surface area contributed by atoms with Gasteiger partial charge in [0.05, 0.1) is 10.2 Å². The minimum Gasteiger partial charge on any atom is -0.655 e. The zero-order valence-electron chi connectivity index (χ0n) is 35.6. The molecule has 0 aliphatic rings. The second kappa shape index (κ2) is 20.5. The normalized spacial score (nSPS) is 10.8. The molecule has 0 aliphatic heterocycles. The van der Waals surface area contributed by atoms with Crippen molar-refractivity contribution in [2.75, 3.05) is 0 Å². The van der Waals surface area contributed by atoms with Gasteiger partial charge in [0.2, 0.25) is 0 Å². The molecule has 0 unspecified atom stereocenters. The molecular formula is C55H55HfN2S-3.